The molecule has 3 rings (SSSR count). The van der Waals surface area contributed by atoms with Crippen LogP contribution in [-0.2, 0) is 20.9 Å². The van der Waals surface area contributed by atoms with E-state index in [1.165, 1.54) is 6.07 Å². The van der Waals surface area contributed by atoms with E-state index in [2.05, 4.69) is 4.72 Å². The summed E-state index contributed by atoms with van der Waals surface area (Å²) in [5, 5.41) is 0.331. The molecule has 0 amide bonds. The zero-order valence-electron chi connectivity index (χ0n) is 14.0. The lowest BCUT2D eigenvalue weighted by atomic mass is 10.2. The Kier molecular flexibility index (Phi) is 5.55. The van der Waals surface area contributed by atoms with Gasteiger partial charge in [-0.15, -0.1) is 0 Å². The Labute approximate surface area is 159 Å². The molecule has 2 aromatic rings. The number of sulfonamides is 1. The molecule has 10 heteroatoms. The van der Waals surface area contributed by atoms with Gasteiger partial charge in [0.25, 0.3) is 10.0 Å². The van der Waals surface area contributed by atoms with Crippen molar-refractivity contribution < 1.29 is 26.3 Å². The first kappa shape index (κ1) is 19.8. The van der Waals surface area contributed by atoms with Crippen LogP contribution in [-0.4, -0.2) is 34.7 Å². The Morgan fingerprint density at radius 2 is 1.67 bits per heavy atom. The summed E-state index contributed by atoms with van der Waals surface area (Å²) >= 11 is 6.00. The van der Waals surface area contributed by atoms with Crippen molar-refractivity contribution in [1.82, 2.24) is 0 Å². The predicted molar refractivity (Wildman–Crippen MR) is 96.7 cm³/mol. The Balaban J connectivity index is 1.90. The highest BCUT2D eigenvalue weighted by Gasteiger charge is 2.30. The summed E-state index contributed by atoms with van der Waals surface area (Å²) < 4.78 is 71.0. The van der Waals surface area contributed by atoms with E-state index in [9.17, 15) is 21.6 Å². The molecule has 0 radical (unpaired) electrons. The number of morpholine rings is 1. The minimum Gasteiger partial charge on any atom is -0.378 e. The average Bonchev–Trinajstić information content (AvgIpc) is 2.62. The van der Waals surface area contributed by atoms with E-state index >= 15 is 0 Å². The summed E-state index contributed by atoms with van der Waals surface area (Å²) in [4.78, 5) is 1.67. The minimum absolute atomic E-state index is 0.254. The SMILES string of the molecule is O=S(=O)(Nc1cc(Cl)ccc1N1CCOCC1)c1ccc(C(F)(F)F)cc1. The van der Waals surface area contributed by atoms with Crippen LogP contribution in [0.5, 0.6) is 0 Å². The molecule has 1 aliphatic rings. The van der Waals surface area contributed by atoms with Crippen molar-refractivity contribution >= 4 is 33.0 Å². The average molecular weight is 421 g/mol. The van der Waals surface area contributed by atoms with E-state index in [0.717, 1.165) is 24.3 Å². The first-order chi connectivity index (χ1) is 12.7. The number of anilines is 2. The fraction of sp³-hybridized carbons (Fsp3) is 0.294. The summed E-state index contributed by atoms with van der Waals surface area (Å²) in [5.74, 6) is 0. The van der Waals surface area contributed by atoms with Gasteiger partial charge in [-0.25, -0.2) is 8.42 Å². The molecule has 0 aromatic heterocycles. The fourth-order valence-electron chi connectivity index (χ4n) is 2.70. The highest BCUT2D eigenvalue weighted by molar-refractivity contribution is 7.92. The molecule has 1 fully saturated rings. The Hall–Kier alpha value is -1.97. The molecule has 1 aliphatic heterocycles. The zero-order valence-corrected chi connectivity index (χ0v) is 15.5. The first-order valence-electron chi connectivity index (χ1n) is 7.99. The molecule has 1 N–H and O–H groups in total. The van der Waals surface area contributed by atoms with Gasteiger partial charge >= 0.3 is 6.18 Å². The van der Waals surface area contributed by atoms with Crippen LogP contribution >= 0.6 is 11.6 Å². The summed E-state index contributed by atoms with van der Waals surface area (Å²) in [7, 11) is -4.09. The van der Waals surface area contributed by atoms with Gasteiger partial charge in [-0.3, -0.25) is 4.72 Å². The fourth-order valence-corrected chi connectivity index (χ4v) is 3.93. The molecular formula is C17H16ClF3N2O3S. The lowest BCUT2D eigenvalue weighted by molar-refractivity contribution is -0.137. The van der Waals surface area contributed by atoms with Crippen molar-refractivity contribution in [3.63, 3.8) is 0 Å². The molecule has 1 saturated heterocycles. The number of alkyl halides is 3. The molecule has 0 saturated carbocycles. The van der Waals surface area contributed by atoms with Crippen LogP contribution in [0.1, 0.15) is 5.56 Å². The maximum absolute atomic E-state index is 12.7. The van der Waals surface area contributed by atoms with Crippen LogP contribution < -0.4 is 9.62 Å². The van der Waals surface area contributed by atoms with E-state index in [-0.39, 0.29) is 10.6 Å². The first-order valence-corrected chi connectivity index (χ1v) is 9.85. The molecule has 2 aromatic carbocycles. The van der Waals surface area contributed by atoms with Gasteiger partial charge in [0.05, 0.1) is 35.0 Å². The smallest absolute Gasteiger partial charge is 0.378 e. The molecule has 0 bridgehead atoms. The summed E-state index contributed by atoms with van der Waals surface area (Å²) in [6.07, 6.45) is -4.54. The summed E-state index contributed by atoms with van der Waals surface area (Å²) in [6.45, 7) is 2.18. The van der Waals surface area contributed by atoms with Crippen LogP contribution in [0.15, 0.2) is 47.4 Å². The van der Waals surface area contributed by atoms with Gasteiger partial charge in [0.2, 0.25) is 0 Å². The summed E-state index contributed by atoms with van der Waals surface area (Å²) in [5.41, 5.74) is -0.0410. The zero-order chi connectivity index (χ0) is 19.7. The van der Waals surface area contributed by atoms with Crippen molar-refractivity contribution in [3.8, 4) is 0 Å². The molecule has 5 nitrogen and oxygen atoms in total. The van der Waals surface area contributed by atoms with Crippen LogP contribution in [0.2, 0.25) is 5.02 Å². The normalized spacial score (nSPS) is 15.6. The molecule has 0 atom stereocenters. The minimum atomic E-state index is -4.54. The van der Waals surface area contributed by atoms with Crippen molar-refractivity contribution in [1.29, 1.82) is 0 Å². The summed E-state index contributed by atoms with van der Waals surface area (Å²) in [6, 6.07) is 8.10. The van der Waals surface area contributed by atoms with E-state index in [1.807, 2.05) is 4.90 Å². The largest absolute Gasteiger partial charge is 0.416 e. The second kappa shape index (κ2) is 7.57. The van der Waals surface area contributed by atoms with E-state index in [0.29, 0.717) is 37.0 Å². The van der Waals surface area contributed by atoms with Gasteiger partial charge in [-0.05, 0) is 42.5 Å². The standard InChI is InChI=1S/C17H16ClF3N2O3S/c18-13-3-6-16(23-7-9-26-10-8-23)15(11-13)22-27(24,25)14-4-1-12(2-5-14)17(19,20)21/h1-6,11,22H,7-10H2. The van der Waals surface area contributed by atoms with Crippen LogP contribution in [0.4, 0.5) is 24.5 Å². The van der Waals surface area contributed by atoms with Gasteiger partial charge in [0, 0.05) is 18.1 Å². The molecule has 0 spiro atoms. The van der Waals surface area contributed by atoms with Crippen LogP contribution in [0.3, 0.4) is 0 Å². The predicted octanol–water partition coefficient (Wildman–Crippen LogP) is 4.00. The van der Waals surface area contributed by atoms with Gasteiger partial charge < -0.3 is 9.64 Å². The molecule has 0 unspecified atom stereocenters. The van der Waals surface area contributed by atoms with Crippen LogP contribution in [0, 0.1) is 0 Å². The lowest BCUT2D eigenvalue weighted by Gasteiger charge is -2.30. The van der Waals surface area contributed by atoms with E-state index in [4.69, 9.17) is 16.3 Å². The number of ether oxygens (including phenoxy) is 1. The Bertz CT molecular complexity index is 912. The van der Waals surface area contributed by atoms with Gasteiger partial charge in [-0.2, -0.15) is 13.2 Å². The third-order valence-electron chi connectivity index (χ3n) is 4.05. The van der Waals surface area contributed by atoms with Crippen LogP contribution in [0.25, 0.3) is 0 Å². The van der Waals surface area contributed by atoms with Crippen molar-refractivity contribution in [2.45, 2.75) is 11.1 Å². The van der Waals surface area contributed by atoms with Gasteiger partial charge in [0.1, 0.15) is 0 Å². The van der Waals surface area contributed by atoms with Crippen molar-refractivity contribution in [2.75, 3.05) is 35.9 Å². The molecule has 0 aliphatic carbocycles. The molecular weight excluding hydrogens is 405 g/mol. The Morgan fingerprint density at radius 1 is 1.04 bits per heavy atom. The maximum Gasteiger partial charge on any atom is 0.416 e. The quantitative estimate of drug-likeness (QED) is 0.812. The number of rotatable bonds is 4. The number of hydrogen-bond acceptors (Lipinski definition) is 4. The second-order valence-corrected chi connectivity index (χ2v) is 8.01. The van der Waals surface area contributed by atoms with Crippen molar-refractivity contribution in [2.24, 2.45) is 0 Å². The molecule has 1 heterocycles. The topological polar surface area (TPSA) is 58.6 Å². The number of halogens is 4. The highest BCUT2D eigenvalue weighted by Crippen LogP contribution is 2.33. The second-order valence-electron chi connectivity index (χ2n) is 5.89. The van der Waals surface area contributed by atoms with Crippen molar-refractivity contribution in [3.05, 3.63) is 53.1 Å². The third kappa shape index (κ3) is 4.66. The number of benzene rings is 2. The monoisotopic (exact) mass is 420 g/mol. The Morgan fingerprint density at radius 3 is 2.26 bits per heavy atom. The third-order valence-corrected chi connectivity index (χ3v) is 5.66. The maximum atomic E-state index is 12.7. The highest BCUT2D eigenvalue weighted by atomic mass is 35.5. The van der Waals surface area contributed by atoms with Gasteiger partial charge in [0.15, 0.2) is 0 Å². The number of hydrogen-bond donors (Lipinski definition) is 1. The number of nitrogens with one attached hydrogen (secondary N) is 1. The molecule has 146 valence electrons. The van der Waals surface area contributed by atoms with E-state index < -0.39 is 21.8 Å². The van der Waals surface area contributed by atoms with E-state index in [1.54, 1.807) is 12.1 Å². The van der Waals surface area contributed by atoms with Gasteiger partial charge in [-0.1, -0.05) is 11.6 Å². The lowest BCUT2D eigenvalue weighted by Crippen LogP contribution is -2.36. The molecule has 27 heavy (non-hydrogen) atoms. The number of nitrogens with zero attached hydrogens (tertiary/aromatic N) is 1.